The van der Waals surface area contributed by atoms with Crippen molar-refractivity contribution in [1.82, 2.24) is 10.2 Å². The van der Waals surface area contributed by atoms with Crippen LogP contribution < -0.4 is 10.6 Å². The zero-order chi connectivity index (χ0) is 19.1. The lowest BCUT2D eigenvalue weighted by Crippen LogP contribution is -2.23. The Morgan fingerprint density at radius 3 is 2.62 bits per heavy atom. The molecule has 0 saturated heterocycles. The van der Waals surface area contributed by atoms with Crippen LogP contribution in [0.5, 0.6) is 0 Å². The average Bonchev–Trinajstić information content (AvgIpc) is 2.61. The van der Waals surface area contributed by atoms with E-state index in [0.717, 1.165) is 11.1 Å². The molecule has 2 aromatic carbocycles. The number of halogens is 1. The number of amides is 2. The first-order valence-corrected chi connectivity index (χ1v) is 8.44. The number of carbonyl (C=O) groups excluding carboxylic acids is 2. The number of rotatable bonds is 7. The van der Waals surface area contributed by atoms with Crippen molar-refractivity contribution in [1.29, 1.82) is 0 Å². The molecule has 0 heterocycles. The van der Waals surface area contributed by atoms with Gasteiger partial charge in [0.15, 0.2) is 0 Å². The van der Waals surface area contributed by atoms with Gasteiger partial charge in [-0.25, -0.2) is 4.39 Å². The smallest absolute Gasteiger partial charge is 0.253 e. The maximum absolute atomic E-state index is 13.2. The highest BCUT2D eigenvalue weighted by atomic mass is 19.1. The van der Waals surface area contributed by atoms with Crippen molar-refractivity contribution in [3.8, 4) is 0 Å². The van der Waals surface area contributed by atoms with Crippen LogP contribution in [-0.4, -0.2) is 37.4 Å². The molecule has 138 valence electrons. The predicted octanol–water partition coefficient (Wildman–Crippen LogP) is 2.95. The van der Waals surface area contributed by atoms with Crippen molar-refractivity contribution in [3.05, 3.63) is 65.0 Å². The first-order chi connectivity index (χ1) is 12.4. The van der Waals surface area contributed by atoms with Gasteiger partial charge in [-0.15, -0.1) is 0 Å². The molecule has 26 heavy (non-hydrogen) atoms. The summed E-state index contributed by atoms with van der Waals surface area (Å²) >= 11 is 0. The summed E-state index contributed by atoms with van der Waals surface area (Å²) in [6.07, 6.45) is 0.270. The summed E-state index contributed by atoms with van der Waals surface area (Å²) in [4.78, 5) is 25.5. The van der Waals surface area contributed by atoms with E-state index < -0.39 is 0 Å². The van der Waals surface area contributed by atoms with Gasteiger partial charge in [-0.3, -0.25) is 9.59 Å². The van der Waals surface area contributed by atoms with E-state index in [2.05, 4.69) is 10.6 Å². The molecule has 0 aliphatic heterocycles. The molecule has 0 saturated carbocycles. The normalized spacial score (nSPS) is 10.5. The summed E-state index contributed by atoms with van der Waals surface area (Å²) in [5.41, 5.74) is 2.91. The topological polar surface area (TPSA) is 61.4 Å². The monoisotopic (exact) mass is 357 g/mol. The molecule has 0 atom stereocenters. The summed E-state index contributed by atoms with van der Waals surface area (Å²) in [6, 6.07) is 11.7. The van der Waals surface area contributed by atoms with Gasteiger partial charge in [-0.2, -0.15) is 0 Å². The summed E-state index contributed by atoms with van der Waals surface area (Å²) in [6.45, 7) is 2.85. The molecule has 0 aromatic heterocycles. The first kappa shape index (κ1) is 19.6. The Morgan fingerprint density at radius 2 is 1.88 bits per heavy atom. The molecule has 2 N–H and O–H groups in total. The summed E-state index contributed by atoms with van der Waals surface area (Å²) < 4.78 is 13.2. The number of hydrogen-bond acceptors (Lipinski definition) is 3. The minimum absolute atomic E-state index is 0.0447. The first-order valence-electron chi connectivity index (χ1n) is 8.44. The minimum Gasteiger partial charge on any atom is -0.345 e. The number of aryl methyl sites for hydroxylation is 1. The van der Waals surface area contributed by atoms with Gasteiger partial charge in [0.2, 0.25) is 5.91 Å². The van der Waals surface area contributed by atoms with Crippen LogP contribution in [0, 0.1) is 12.7 Å². The molecule has 5 nitrogen and oxygen atoms in total. The summed E-state index contributed by atoms with van der Waals surface area (Å²) in [5, 5.41) is 5.90. The molecule has 0 spiro atoms. The summed E-state index contributed by atoms with van der Waals surface area (Å²) in [5.74, 6) is -0.601. The molecule has 6 heteroatoms. The Morgan fingerprint density at radius 1 is 1.12 bits per heavy atom. The zero-order valence-corrected chi connectivity index (χ0v) is 15.3. The van der Waals surface area contributed by atoms with E-state index in [9.17, 15) is 14.0 Å². The van der Waals surface area contributed by atoms with Gasteiger partial charge in [0.05, 0.1) is 0 Å². The molecule has 0 unspecified atom stereocenters. The molecule has 0 aliphatic rings. The predicted molar refractivity (Wildman–Crippen MR) is 101 cm³/mol. The SMILES string of the molecule is Cc1ccc(F)cc1NC(=O)CCNCc1cccc(C(=O)N(C)C)c1. The number of nitrogens with zero attached hydrogens (tertiary/aromatic N) is 1. The highest BCUT2D eigenvalue weighted by Gasteiger charge is 2.08. The quantitative estimate of drug-likeness (QED) is 0.749. The maximum Gasteiger partial charge on any atom is 0.253 e. The molecule has 2 rings (SSSR count). The van der Waals surface area contributed by atoms with Crippen molar-refractivity contribution in [2.45, 2.75) is 19.9 Å². The zero-order valence-electron chi connectivity index (χ0n) is 15.3. The van der Waals surface area contributed by atoms with E-state index in [1.54, 1.807) is 26.2 Å². The largest absolute Gasteiger partial charge is 0.345 e. The lowest BCUT2D eigenvalue weighted by Gasteiger charge is -2.12. The van der Waals surface area contributed by atoms with Gasteiger partial charge >= 0.3 is 0 Å². The van der Waals surface area contributed by atoms with Gasteiger partial charge in [0.1, 0.15) is 5.82 Å². The van der Waals surface area contributed by atoms with Gasteiger partial charge in [-0.1, -0.05) is 18.2 Å². The molecule has 0 radical (unpaired) electrons. The van der Waals surface area contributed by atoms with E-state index in [1.165, 1.54) is 17.0 Å². The van der Waals surface area contributed by atoms with Crippen LogP contribution in [-0.2, 0) is 11.3 Å². The Balaban J connectivity index is 1.80. The lowest BCUT2D eigenvalue weighted by molar-refractivity contribution is -0.116. The number of benzene rings is 2. The van der Waals surface area contributed by atoms with E-state index >= 15 is 0 Å². The van der Waals surface area contributed by atoms with Crippen LogP contribution >= 0.6 is 0 Å². The fourth-order valence-corrected chi connectivity index (χ4v) is 2.45. The van der Waals surface area contributed by atoms with Gasteiger partial charge < -0.3 is 15.5 Å². The average molecular weight is 357 g/mol. The fourth-order valence-electron chi connectivity index (χ4n) is 2.45. The maximum atomic E-state index is 13.2. The fraction of sp³-hybridized carbons (Fsp3) is 0.300. The Kier molecular flexibility index (Phi) is 6.86. The molecule has 2 amide bonds. The van der Waals surface area contributed by atoms with Gasteiger partial charge in [0, 0.05) is 44.9 Å². The van der Waals surface area contributed by atoms with E-state index in [1.807, 2.05) is 25.1 Å². The van der Waals surface area contributed by atoms with Crippen LogP contribution in [0.25, 0.3) is 0 Å². The second kappa shape index (κ2) is 9.10. The van der Waals surface area contributed by atoms with Crippen LogP contribution in [0.4, 0.5) is 10.1 Å². The van der Waals surface area contributed by atoms with Crippen LogP contribution in [0.1, 0.15) is 27.9 Å². The molecule has 0 bridgehead atoms. The van der Waals surface area contributed by atoms with Crippen molar-refractivity contribution in [3.63, 3.8) is 0 Å². The molecule has 0 aliphatic carbocycles. The van der Waals surface area contributed by atoms with Gasteiger partial charge in [0.25, 0.3) is 5.91 Å². The van der Waals surface area contributed by atoms with Crippen LogP contribution in [0.3, 0.4) is 0 Å². The third kappa shape index (κ3) is 5.67. The summed E-state index contributed by atoms with van der Waals surface area (Å²) in [7, 11) is 3.43. The number of anilines is 1. The number of carbonyl (C=O) groups is 2. The Labute approximate surface area is 153 Å². The second-order valence-electron chi connectivity index (χ2n) is 6.33. The molecular weight excluding hydrogens is 333 g/mol. The van der Waals surface area contributed by atoms with E-state index in [-0.39, 0.29) is 24.1 Å². The van der Waals surface area contributed by atoms with Crippen LogP contribution in [0.15, 0.2) is 42.5 Å². The Hall–Kier alpha value is -2.73. The Bertz CT molecular complexity index is 790. The van der Waals surface area contributed by atoms with Crippen molar-refractivity contribution >= 4 is 17.5 Å². The third-order valence-electron chi connectivity index (χ3n) is 3.91. The van der Waals surface area contributed by atoms with Crippen LogP contribution in [0.2, 0.25) is 0 Å². The van der Waals surface area contributed by atoms with Crippen molar-refractivity contribution in [2.75, 3.05) is 26.0 Å². The minimum atomic E-state index is -0.379. The third-order valence-corrected chi connectivity index (χ3v) is 3.91. The number of nitrogens with one attached hydrogen (secondary N) is 2. The highest BCUT2D eigenvalue weighted by molar-refractivity contribution is 5.94. The van der Waals surface area contributed by atoms with Gasteiger partial charge in [-0.05, 0) is 42.3 Å². The number of hydrogen-bond donors (Lipinski definition) is 2. The molecule has 0 fully saturated rings. The van der Waals surface area contributed by atoms with Crippen molar-refractivity contribution in [2.24, 2.45) is 0 Å². The second-order valence-corrected chi connectivity index (χ2v) is 6.33. The van der Waals surface area contributed by atoms with E-state index in [0.29, 0.717) is 24.3 Å². The molecular formula is C20H24FN3O2. The highest BCUT2D eigenvalue weighted by Crippen LogP contribution is 2.16. The molecule has 2 aromatic rings. The lowest BCUT2D eigenvalue weighted by atomic mass is 10.1. The van der Waals surface area contributed by atoms with E-state index in [4.69, 9.17) is 0 Å². The standard InChI is InChI=1S/C20H24FN3O2/c1-14-7-8-17(21)12-18(14)23-19(25)9-10-22-13-15-5-4-6-16(11-15)20(26)24(2)3/h4-8,11-12,22H,9-10,13H2,1-3H3,(H,23,25). The van der Waals surface area contributed by atoms with Crippen molar-refractivity contribution < 1.29 is 14.0 Å².